The largest absolute Gasteiger partial charge is 0.480 e. The van der Waals surface area contributed by atoms with Crippen LogP contribution in [0.1, 0.15) is 26.7 Å². The van der Waals surface area contributed by atoms with E-state index in [1.165, 1.54) is 0 Å². The number of halogens is 1. The Morgan fingerprint density at radius 1 is 1.30 bits per heavy atom. The first kappa shape index (κ1) is 16.5. The fourth-order valence-electron chi connectivity index (χ4n) is 1.73. The first-order valence-corrected chi connectivity index (χ1v) is 6.87. The van der Waals surface area contributed by atoms with Crippen LogP contribution in [0.2, 0.25) is 5.02 Å². The molecule has 1 aromatic carbocycles. The van der Waals surface area contributed by atoms with Crippen LogP contribution in [-0.4, -0.2) is 29.1 Å². The van der Waals surface area contributed by atoms with Crippen LogP contribution in [0.15, 0.2) is 24.3 Å². The Morgan fingerprint density at radius 3 is 2.40 bits per heavy atom. The Balaban J connectivity index is 2.57. The minimum Gasteiger partial charge on any atom is -0.480 e. The smallest absolute Gasteiger partial charge is 0.320 e. The molecule has 0 bridgehead atoms. The van der Waals surface area contributed by atoms with Crippen molar-refractivity contribution in [2.45, 2.75) is 38.8 Å². The van der Waals surface area contributed by atoms with Crippen LogP contribution in [-0.2, 0) is 9.59 Å². The zero-order valence-electron chi connectivity index (χ0n) is 11.5. The SMILES string of the molecule is CCCC(NC(C)C(=O)Nc1ccc(Cl)cc1)C(=O)O. The molecule has 1 rings (SSSR count). The molecule has 5 nitrogen and oxygen atoms in total. The highest BCUT2D eigenvalue weighted by Crippen LogP contribution is 2.13. The highest BCUT2D eigenvalue weighted by molar-refractivity contribution is 6.30. The lowest BCUT2D eigenvalue weighted by Crippen LogP contribution is -2.47. The second-order valence-corrected chi connectivity index (χ2v) is 5.00. The lowest BCUT2D eigenvalue weighted by atomic mass is 10.1. The molecule has 1 amide bonds. The molecule has 0 aromatic heterocycles. The van der Waals surface area contributed by atoms with Gasteiger partial charge in [-0.2, -0.15) is 0 Å². The van der Waals surface area contributed by atoms with E-state index in [9.17, 15) is 9.59 Å². The topological polar surface area (TPSA) is 78.4 Å². The molecule has 1 aromatic rings. The number of hydrogen-bond acceptors (Lipinski definition) is 3. The molecular weight excluding hydrogens is 280 g/mol. The molecule has 2 atom stereocenters. The number of aliphatic carboxylic acids is 1. The van der Waals surface area contributed by atoms with E-state index in [1.54, 1.807) is 31.2 Å². The normalized spacial score (nSPS) is 13.6. The van der Waals surface area contributed by atoms with Crippen molar-refractivity contribution in [3.63, 3.8) is 0 Å². The van der Waals surface area contributed by atoms with Crippen LogP contribution < -0.4 is 10.6 Å². The van der Waals surface area contributed by atoms with Gasteiger partial charge in [0.1, 0.15) is 6.04 Å². The van der Waals surface area contributed by atoms with Crippen molar-refractivity contribution in [3.05, 3.63) is 29.3 Å². The number of carboxylic acid groups (broad SMARTS) is 1. The van der Waals surface area contributed by atoms with E-state index in [0.29, 0.717) is 17.1 Å². The number of benzene rings is 1. The summed E-state index contributed by atoms with van der Waals surface area (Å²) in [4.78, 5) is 23.0. The van der Waals surface area contributed by atoms with Crippen LogP contribution >= 0.6 is 11.6 Å². The third-order valence-corrected chi connectivity index (χ3v) is 3.08. The molecule has 0 aliphatic carbocycles. The van der Waals surface area contributed by atoms with Crippen molar-refractivity contribution < 1.29 is 14.7 Å². The predicted octanol–water partition coefficient (Wildman–Crippen LogP) is 2.51. The number of carboxylic acids is 1. The van der Waals surface area contributed by atoms with E-state index in [-0.39, 0.29) is 5.91 Å². The fraction of sp³-hybridized carbons (Fsp3) is 0.429. The standard InChI is InChI=1S/C14H19ClN2O3/c1-3-4-12(14(19)20)16-9(2)13(18)17-11-7-5-10(15)6-8-11/h5-9,12,16H,3-4H2,1-2H3,(H,17,18)(H,19,20). The van der Waals surface area contributed by atoms with Gasteiger partial charge in [-0.05, 0) is 37.6 Å². The number of amides is 1. The van der Waals surface area contributed by atoms with Crippen LogP contribution in [0.3, 0.4) is 0 Å². The van der Waals surface area contributed by atoms with Gasteiger partial charge >= 0.3 is 5.97 Å². The lowest BCUT2D eigenvalue weighted by molar-refractivity contribution is -0.140. The summed E-state index contributed by atoms with van der Waals surface area (Å²) in [6.45, 7) is 3.53. The molecule has 20 heavy (non-hydrogen) atoms. The second-order valence-electron chi connectivity index (χ2n) is 4.56. The van der Waals surface area contributed by atoms with Gasteiger partial charge in [0.15, 0.2) is 0 Å². The van der Waals surface area contributed by atoms with Crippen molar-refractivity contribution >= 4 is 29.2 Å². The molecule has 6 heteroatoms. The van der Waals surface area contributed by atoms with Crippen molar-refractivity contribution in [2.75, 3.05) is 5.32 Å². The minimum absolute atomic E-state index is 0.283. The molecule has 0 aliphatic rings. The van der Waals surface area contributed by atoms with Gasteiger partial charge in [-0.15, -0.1) is 0 Å². The Morgan fingerprint density at radius 2 is 1.90 bits per heavy atom. The third kappa shape index (κ3) is 5.19. The quantitative estimate of drug-likeness (QED) is 0.723. The first-order chi connectivity index (χ1) is 9.43. The van der Waals surface area contributed by atoms with Gasteiger partial charge < -0.3 is 10.4 Å². The highest BCUT2D eigenvalue weighted by atomic mass is 35.5. The summed E-state index contributed by atoms with van der Waals surface area (Å²) in [5.41, 5.74) is 0.621. The van der Waals surface area contributed by atoms with Gasteiger partial charge in [-0.3, -0.25) is 14.9 Å². The molecular formula is C14H19ClN2O3. The molecule has 0 aliphatic heterocycles. The second kappa shape index (κ2) is 7.87. The molecule has 0 saturated heterocycles. The highest BCUT2D eigenvalue weighted by Gasteiger charge is 2.22. The number of hydrogen-bond donors (Lipinski definition) is 3. The first-order valence-electron chi connectivity index (χ1n) is 6.49. The van der Waals surface area contributed by atoms with E-state index in [4.69, 9.17) is 16.7 Å². The van der Waals surface area contributed by atoms with Gasteiger partial charge in [0, 0.05) is 10.7 Å². The Kier molecular flexibility index (Phi) is 6.48. The zero-order chi connectivity index (χ0) is 15.1. The van der Waals surface area contributed by atoms with E-state index in [1.807, 2.05) is 6.92 Å². The fourth-order valence-corrected chi connectivity index (χ4v) is 1.85. The molecule has 3 N–H and O–H groups in total. The summed E-state index contributed by atoms with van der Waals surface area (Å²) in [6.07, 6.45) is 1.21. The molecule has 0 heterocycles. The third-order valence-electron chi connectivity index (χ3n) is 2.83. The molecule has 0 radical (unpaired) electrons. The van der Waals surface area contributed by atoms with Crippen LogP contribution in [0, 0.1) is 0 Å². The maximum Gasteiger partial charge on any atom is 0.320 e. The maximum atomic E-state index is 12.0. The number of carbonyl (C=O) groups excluding carboxylic acids is 1. The summed E-state index contributed by atoms with van der Waals surface area (Å²) < 4.78 is 0. The average Bonchev–Trinajstić information content (AvgIpc) is 2.40. The summed E-state index contributed by atoms with van der Waals surface area (Å²) in [7, 11) is 0. The summed E-state index contributed by atoms with van der Waals surface area (Å²) in [6, 6.07) is 5.41. The Bertz CT molecular complexity index is 462. The van der Waals surface area contributed by atoms with Gasteiger partial charge in [0.05, 0.1) is 6.04 Å². The van der Waals surface area contributed by atoms with E-state index in [0.717, 1.165) is 6.42 Å². The van der Waals surface area contributed by atoms with Gasteiger partial charge in [-0.1, -0.05) is 24.9 Å². The molecule has 0 fully saturated rings. The van der Waals surface area contributed by atoms with Crippen LogP contribution in [0.4, 0.5) is 5.69 Å². The van der Waals surface area contributed by atoms with Gasteiger partial charge in [0.25, 0.3) is 0 Å². The van der Waals surface area contributed by atoms with E-state index >= 15 is 0 Å². The van der Waals surface area contributed by atoms with Crippen molar-refractivity contribution in [2.24, 2.45) is 0 Å². The van der Waals surface area contributed by atoms with Gasteiger partial charge in [-0.25, -0.2) is 0 Å². The lowest BCUT2D eigenvalue weighted by Gasteiger charge is -2.19. The van der Waals surface area contributed by atoms with Gasteiger partial charge in [0.2, 0.25) is 5.91 Å². The molecule has 2 unspecified atom stereocenters. The number of anilines is 1. The number of nitrogens with one attached hydrogen (secondary N) is 2. The monoisotopic (exact) mass is 298 g/mol. The molecule has 0 spiro atoms. The summed E-state index contributed by atoms with van der Waals surface area (Å²) >= 11 is 5.76. The average molecular weight is 299 g/mol. The van der Waals surface area contributed by atoms with E-state index in [2.05, 4.69) is 10.6 Å². The Labute approximate surface area is 123 Å². The number of rotatable bonds is 7. The minimum atomic E-state index is -0.946. The summed E-state index contributed by atoms with van der Waals surface area (Å²) in [5.74, 6) is -1.23. The number of carbonyl (C=O) groups is 2. The summed E-state index contributed by atoms with van der Waals surface area (Å²) in [5, 5.41) is 15.1. The van der Waals surface area contributed by atoms with E-state index < -0.39 is 18.1 Å². The Hall–Kier alpha value is -1.59. The van der Waals surface area contributed by atoms with Crippen molar-refractivity contribution in [1.82, 2.24) is 5.32 Å². The zero-order valence-corrected chi connectivity index (χ0v) is 12.3. The van der Waals surface area contributed by atoms with Crippen LogP contribution in [0.25, 0.3) is 0 Å². The maximum absolute atomic E-state index is 12.0. The van der Waals surface area contributed by atoms with Crippen LogP contribution in [0.5, 0.6) is 0 Å². The van der Waals surface area contributed by atoms with Crippen molar-refractivity contribution in [1.29, 1.82) is 0 Å². The molecule has 0 saturated carbocycles. The molecule has 110 valence electrons. The van der Waals surface area contributed by atoms with Crippen molar-refractivity contribution in [3.8, 4) is 0 Å². The predicted molar refractivity (Wildman–Crippen MR) is 79.0 cm³/mol.